The molecule has 0 amide bonds. The molecule has 0 bridgehead atoms. The lowest BCUT2D eigenvalue weighted by Gasteiger charge is -2.35. The lowest BCUT2D eigenvalue weighted by atomic mass is 9.72. The van der Waals surface area contributed by atoms with E-state index >= 15 is 0 Å². The van der Waals surface area contributed by atoms with Crippen LogP contribution in [-0.2, 0) is 5.41 Å². The molecule has 0 saturated heterocycles. The molecule has 17 heavy (non-hydrogen) atoms. The largest absolute Gasteiger partial charge is 0.398 e. The van der Waals surface area contributed by atoms with Crippen molar-refractivity contribution in [2.45, 2.75) is 44.1 Å². The van der Waals surface area contributed by atoms with Crippen LogP contribution in [0.1, 0.15) is 38.2 Å². The fourth-order valence-electron chi connectivity index (χ4n) is 3.01. The van der Waals surface area contributed by atoms with Crippen molar-refractivity contribution in [2.75, 3.05) is 5.73 Å². The minimum Gasteiger partial charge on any atom is -0.398 e. The highest BCUT2D eigenvalue weighted by Crippen LogP contribution is 2.46. The van der Waals surface area contributed by atoms with Crippen LogP contribution in [-0.4, -0.2) is 6.04 Å². The molecule has 0 heterocycles. The molecule has 0 aromatic heterocycles. The summed E-state index contributed by atoms with van der Waals surface area (Å²) >= 11 is 0. The Balaban J connectivity index is 2.62. The van der Waals surface area contributed by atoms with Gasteiger partial charge in [0.1, 0.15) is 0 Å². The third-order valence-corrected chi connectivity index (χ3v) is 3.99. The topological polar surface area (TPSA) is 52.0 Å². The Hall–Kier alpha value is -1.16. The molecule has 1 aromatic rings. The van der Waals surface area contributed by atoms with Crippen LogP contribution < -0.4 is 11.5 Å². The van der Waals surface area contributed by atoms with E-state index < -0.39 is 17.0 Å². The maximum atomic E-state index is 14.0. The van der Waals surface area contributed by atoms with Crippen LogP contribution in [0.2, 0.25) is 0 Å². The maximum absolute atomic E-state index is 14.0. The summed E-state index contributed by atoms with van der Waals surface area (Å²) < 4.78 is 27.4. The summed E-state index contributed by atoms with van der Waals surface area (Å²) in [6, 6.07) is 2.26. The van der Waals surface area contributed by atoms with Gasteiger partial charge in [0.05, 0.1) is 0 Å². The van der Waals surface area contributed by atoms with Crippen molar-refractivity contribution in [3.8, 4) is 0 Å². The highest BCUT2D eigenvalue weighted by atomic mass is 19.2. The molecule has 1 aromatic carbocycles. The molecular formula is C13H18F2N2. The van der Waals surface area contributed by atoms with Crippen LogP contribution in [0.3, 0.4) is 0 Å². The van der Waals surface area contributed by atoms with Gasteiger partial charge in [0, 0.05) is 22.7 Å². The number of hydrogen-bond acceptors (Lipinski definition) is 2. The molecule has 0 radical (unpaired) electrons. The van der Waals surface area contributed by atoms with E-state index in [0.29, 0.717) is 5.69 Å². The summed E-state index contributed by atoms with van der Waals surface area (Å²) in [4.78, 5) is 0. The first-order valence-corrected chi connectivity index (χ1v) is 5.98. The van der Waals surface area contributed by atoms with E-state index in [0.717, 1.165) is 31.7 Å². The number of nitrogens with two attached hydrogens (primary N) is 2. The smallest absolute Gasteiger partial charge is 0.164 e. The van der Waals surface area contributed by atoms with Crippen molar-refractivity contribution >= 4 is 5.69 Å². The molecule has 4 heteroatoms. The molecule has 2 rings (SSSR count). The monoisotopic (exact) mass is 240 g/mol. The first kappa shape index (κ1) is 12.3. The summed E-state index contributed by atoms with van der Waals surface area (Å²) in [5.74, 6) is -1.68. The molecule has 0 aliphatic heterocycles. The standard InChI is InChI=1S/C13H18F2N2/c1-8(16)13(6-2-3-7-13)11-10(17)5-4-9(14)12(11)15/h4-5,8H,2-3,6-7,16-17H2,1H3. The molecule has 0 spiro atoms. The van der Waals surface area contributed by atoms with E-state index in [4.69, 9.17) is 11.5 Å². The Labute approximate surface area is 100.0 Å². The molecule has 1 saturated carbocycles. The molecule has 1 aliphatic rings. The van der Waals surface area contributed by atoms with Gasteiger partial charge < -0.3 is 11.5 Å². The van der Waals surface area contributed by atoms with Gasteiger partial charge in [0.15, 0.2) is 11.6 Å². The third-order valence-electron chi connectivity index (χ3n) is 3.99. The minimum absolute atomic E-state index is 0.233. The van der Waals surface area contributed by atoms with Gasteiger partial charge in [-0.2, -0.15) is 0 Å². The number of nitrogen functional groups attached to an aromatic ring is 1. The summed E-state index contributed by atoms with van der Waals surface area (Å²) in [5, 5.41) is 0. The van der Waals surface area contributed by atoms with Gasteiger partial charge in [0.2, 0.25) is 0 Å². The van der Waals surface area contributed by atoms with Crippen molar-refractivity contribution in [1.82, 2.24) is 0 Å². The lowest BCUT2D eigenvalue weighted by molar-refractivity contribution is 0.347. The zero-order valence-electron chi connectivity index (χ0n) is 9.97. The first-order valence-electron chi connectivity index (χ1n) is 5.98. The number of benzene rings is 1. The number of halogens is 2. The van der Waals surface area contributed by atoms with Crippen LogP contribution in [0.4, 0.5) is 14.5 Å². The second-order valence-corrected chi connectivity index (χ2v) is 4.98. The molecule has 1 fully saturated rings. The predicted octanol–water partition coefficient (Wildman–Crippen LogP) is 2.71. The molecule has 4 N–H and O–H groups in total. The van der Waals surface area contributed by atoms with Crippen molar-refractivity contribution in [3.63, 3.8) is 0 Å². The van der Waals surface area contributed by atoms with Crippen LogP contribution in [0, 0.1) is 11.6 Å². The molecule has 2 nitrogen and oxygen atoms in total. The molecule has 1 unspecified atom stereocenters. The van der Waals surface area contributed by atoms with Crippen molar-refractivity contribution in [1.29, 1.82) is 0 Å². The fraction of sp³-hybridized carbons (Fsp3) is 0.538. The van der Waals surface area contributed by atoms with Gasteiger partial charge in [-0.15, -0.1) is 0 Å². The number of rotatable bonds is 2. The quantitative estimate of drug-likeness (QED) is 0.781. The molecule has 1 atom stereocenters. The van der Waals surface area contributed by atoms with E-state index in [2.05, 4.69) is 0 Å². The normalized spacial score (nSPS) is 20.5. The Bertz CT molecular complexity index is 424. The lowest BCUT2D eigenvalue weighted by Crippen LogP contribution is -2.42. The second kappa shape index (κ2) is 4.26. The van der Waals surface area contributed by atoms with E-state index in [1.54, 1.807) is 0 Å². The highest BCUT2D eigenvalue weighted by molar-refractivity contribution is 5.53. The highest BCUT2D eigenvalue weighted by Gasteiger charge is 2.42. The van der Waals surface area contributed by atoms with Crippen LogP contribution >= 0.6 is 0 Å². The Morgan fingerprint density at radius 1 is 1.24 bits per heavy atom. The predicted molar refractivity (Wildman–Crippen MR) is 64.6 cm³/mol. The summed E-state index contributed by atoms with van der Waals surface area (Å²) in [6.45, 7) is 1.84. The summed E-state index contributed by atoms with van der Waals surface area (Å²) in [5.41, 5.74) is 11.9. The van der Waals surface area contributed by atoms with E-state index in [1.165, 1.54) is 6.07 Å². The number of hydrogen-bond donors (Lipinski definition) is 2. The van der Waals surface area contributed by atoms with Crippen LogP contribution in [0.25, 0.3) is 0 Å². The Morgan fingerprint density at radius 2 is 1.82 bits per heavy atom. The Kier molecular flexibility index (Phi) is 3.08. The molecule has 94 valence electrons. The SMILES string of the molecule is CC(N)C1(c2c(N)ccc(F)c2F)CCCC1. The van der Waals surface area contributed by atoms with Gasteiger partial charge in [-0.3, -0.25) is 0 Å². The van der Waals surface area contributed by atoms with E-state index in [-0.39, 0.29) is 11.6 Å². The number of anilines is 1. The summed E-state index contributed by atoms with van der Waals surface area (Å²) in [7, 11) is 0. The maximum Gasteiger partial charge on any atom is 0.164 e. The van der Waals surface area contributed by atoms with Gasteiger partial charge in [-0.05, 0) is 31.9 Å². The Morgan fingerprint density at radius 3 is 2.35 bits per heavy atom. The fourth-order valence-corrected chi connectivity index (χ4v) is 3.01. The minimum atomic E-state index is -0.846. The average molecular weight is 240 g/mol. The van der Waals surface area contributed by atoms with E-state index in [9.17, 15) is 8.78 Å². The summed E-state index contributed by atoms with van der Waals surface area (Å²) in [6.07, 6.45) is 3.51. The van der Waals surface area contributed by atoms with E-state index in [1.807, 2.05) is 6.92 Å². The molecule has 1 aliphatic carbocycles. The third kappa shape index (κ3) is 1.80. The zero-order valence-corrected chi connectivity index (χ0v) is 9.97. The zero-order chi connectivity index (χ0) is 12.6. The van der Waals surface area contributed by atoms with Crippen molar-refractivity contribution < 1.29 is 8.78 Å². The van der Waals surface area contributed by atoms with Crippen molar-refractivity contribution in [3.05, 3.63) is 29.3 Å². The van der Waals surface area contributed by atoms with Gasteiger partial charge >= 0.3 is 0 Å². The average Bonchev–Trinajstić information content (AvgIpc) is 2.74. The first-order chi connectivity index (χ1) is 7.99. The van der Waals surface area contributed by atoms with Gasteiger partial charge in [0.25, 0.3) is 0 Å². The van der Waals surface area contributed by atoms with Crippen molar-refractivity contribution in [2.24, 2.45) is 5.73 Å². The molecular weight excluding hydrogens is 222 g/mol. The van der Waals surface area contributed by atoms with Gasteiger partial charge in [-0.25, -0.2) is 8.78 Å². The second-order valence-electron chi connectivity index (χ2n) is 4.98. The van der Waals surface area contributed by atoms with Crippen LogP contribution in [0.15, 0.2) is 12.1 Å². The van der Waals surface area contributed by atoms with Gasteiger partial charge in [-0.1, -0.05) is 12.8 Å². The van der Waals surface area contributed by atoms with Crippen LogP contribution in [0.5, 0.6) is 0 Å².